The summed E-state index contributed by atoms with van der Waals surface area (Å²) in [6.45, 7) is 1.80. The molecular weight excluding hydrogens is 262 g/mol. The van der Waals surface area contributed by atoms with E-state index in [9.17, 15) is 4.79 Å². The Morgan fingerprint density at radius 3 is 2.48 bits per heavy atom. The van der Waals surface area contributed by atoms with Crippen LogP contribution in [0.25, 0.3) is 0 Å². The zero-order valence-corrected chi connectivity index (χ0v) is 12.6. The first-order valence-corrected chi connectivity index (χ1v) is 7.09. The van der Waals surface area contributed by atoms with Gasteiger partial charge in [0.05, 0.1) is 12.7 Å². The summed E-state index contributed by atoms with van der Waals surface area (Å²) in [6, 6.07) is 18.1. The van der Waals surface area contributed by atoms with Gasteiger partial charge in [0.1, 0.15) is 0 Å². The smallest absolute Gasteiger partial charge is 0.337 e. The number of hydrogen-bond donors (Lipinski definition) is 0. The predicted octanol–water partition coefficient (Wildman–Crippen LogP) is 3.15. The highest BCUT2D eigenvalue weighted by Gasteiger charge is 2.07. The van der Waals surface area contributed by atoms with Crippen molar-refractivity contribution < 1.29 is 9.53 Å². The van der Waals surface area contributed by atoms with Gasteiger partial charge in [0, 0.05) is 13.1 Å². The fraction of sp³-hybridized carbons (Fsp3) is 0.278. The van der Waals surface area contributed by atoms with E-state index in [-0.39, 0.29) is 5.97 Å². The van der Waals surface area contributed by atoms with E-state index in [0.717, 1.165) is 25.1 Å². The Kier molecular flexibility index (Phi) is 5.52. The maximum atomic E-state index is 11.5. The van der Waals surface area contributed by atoms with Crippen LogP contribution in [0.15, 0.2) is 54.6 Å². The molecule has 0 fully saturated rings. The van der Waals surface area contributed by atoms with E-state index in [0.29, 0.717) is 5.56 Å². The van der Waals surface area contributed by atoms with Gasteiger partial charge in [-0.1, -0.05) is 42.5 Å². The lowest BCUT2D eigenvalue weighted by molar-refractivity contribution is 0.0600. The zero-order chi connectivity index (χ0) is 15.1. The van der Waals surface area contributed by atoms with Crippen molar-refractivity contribution in [1.82, 2.24) is 4.90 Å². The molecule has 0 aromatic heterocycles. The molecule has 0 saturated carbocycles. The van der Waals surface area contributed by atoms with Crippen LogP contribution in [-0.4, -0.2) is 31.6 Å². The number of esters is 1. The molecule has 0 amide bonds. The molecule has 0 unspecified atom stereocenters. The standard InChI is InChI=1S/C18H21NO2/c1-19(12-11-15-7-4-3-5-8-15)14-16-9-6-10-17(13-16)18(20)21-2/h3-10,13H,11-12,14H2,1-2H3. The van der Waals surface area contributed by atoms with Crippen molar-refractivity contribution in [3.05, 3.63) is 71.3 Å². The lowest BCUT2D eigenvalue weighted by Crippen LogP contribution is -2.20. The van der Waals surface area contributed by atoms with Crippen LogP contribution in [-0.2, 0) is 17.7 Å². The van der Waals surface area contributed by atoms with Crippen LogP contribution in [0.3, 0.4) is 0 Å². The number of carbonyl (C=O) groups is 1. The zero-order valence-electron chi connectivity index (χ0n) is 12.6. The van der Waals surface area contributed by atoms with Crippen LogP contribution in [0.4, 0.5) is 0 Å². The Balaban J connectivity index is 1.90. The van der Waals surface area contributed by atoms with Crippen LogP contribution in [0.5, 0.6) is 0 Å². The summed E-state index contributed by atoms with van der Waals surface area (Å²) in [5.41, 5.74) is 3.06. The first kappa shape index (κ1) is 15.3. The molecule has 0 atom stereocenters. The third-order valence-corrected chi connectivity index (χ3v) is 3.43. The van der Waals surface area contributed by atoms with Crippen LogP contribution < -0.4 is 0 Å². The van der Waals surface area contributed by atoms with Crippen LogP contribution in [0.1, 0.15) is 21.5 Å². The minimum absolute atomic E-state index is 0.288. The minimum atomic E-state index is -0.288. The molecule has 2 aromatic rings. The number of ether oxygens (including phenoxy) is 1. The predicted molar refractivity (Wildman–Crippen MR) is 84.3 cm³/mol. The number of hydrogen-bond acceptors (Lipinski definition) is 3. The van der Waals surface area contributed by atoms with Gasteiger partial charge in [0.2, 0.25) is 0 Å². The summed E-state index contributed by atoms with van der Waals surface area (Å²) >= 11 is 0. The molecule has 0 radical (unpaired) electrons. The van der Waals surface area contributed by atoms with Crippen molar-refractivity contribution in [3.8, 4) is 0 Å². The number of likely N-dealkylation sites (N-methyl/N-ethyl adjacent to an activating group) is 1. The van der Waals surface area contributed by atoms with Gasteiger partial charge in [-0.25, -0.2) is 4.79 Å². The van der Waals surface area contributed by atoms with E-state index in [2.05, 4.69) is 36.2 Å². The van der Waals surface area contributed by atoms with Gasteiger partial charge in [-0.2, -0.15) is 0 Å². The van der Waals surface area contributed by atoms with Gasteiger partial charge in [-0.15, -0.1) is 0 Å². The van der Waals surface area contributed by atoms with Gasteiger partial charge >= 0.3 is 5.97 Å². The second kappa shape index (κ2) is 7.60. The number of nitrogens with zero attached hydrogens (tertiary/aromatic N) is 1. The Bertz CT molecular complexity index is 581. The van der Waals surface area contributed by atoms with Crippen molar-refractivity contribution >= 4 is 5.97 Å². The highest BCUT2D eigenvalue weighted by atomic mass is 16.5. The SMILES string of the molecule is COC(=O)c1cccc(CN(C)CCc2ccccc2)c1. The molecule has 0 N–H and O–H groups in total. The number of rotatable bonds is 6. The lowest BCUT2D eigenvalue weighted by atomic mass is 10.1. The number of methoxy groups -OCH3 is 1. The molecule has 0 aliphatic rings. The second-order valence-electron chi connectivity index (χ2n) is 5.17. The van der Waals surface area contributed by atoms with Gasteiger partial charge < -0.3 is 9.64 Å². The highest BCUT2D eigenvalue weighted by Crippen LogP contribution is 2.09. The lowest BCUT2D eigenvalue weighted by Gasteiger charge is -2.17. The molecule has 0 aliphatic heterocycles. The molecule has 0 saturated heterocycles. The summed E-state index contributed by atoms with van der Waals surface area (Å²) in [4.78, 5) is 13.8. The third kappa shape index (κ3) is 4.72. The molecule has 0 heterocycles. The Hall–Kier alpha value is -2.13. The van der Waals surface area contributed by atoms with Gasteiger partial charge in [-0.05, 0) is 36.7 Å². The van der Waals surface area contributed by atoms with Gasteiger partial charge in [0.15, 0.2) is 0 Å². The summed E-state index contributed by atoms with van der Waals surface area (Å²) in [5, 5.41) is 0. The van der Waals surface area contributed by atoms with Crippen molar-refractivity contribution in [2.75, 3.05) is 20.7 Å². The van der Waals surface area contributed by atoms with E-state index < -0.39 is 0 Å². The van der Waals surface area contributed by atoms with Crippen LogP contribution >= 0.6 is 0 Å². The Morgan fingerprint density at radius 2 is 1.76 bits per heavy atom. The highest BCUT2D eigenvalue weighted by molar-refractivity contribution is 5.89. The van der Waals surface area contributed by atoms with Crippen molar-refractivity contribution in [3.63, 3.8) is 0 Å². The van der Waals surface area contributed by atoms with E-state index in [1.807, 2.05) is 24.3 Å². The van der Waals surface area contributed by atoms with Crippen molar-refractivity contribution in [1.29, 1.82) is 0 Å². The van der Waals surface area contributed by atoms with E-state index in [1.54, 1.807) is 6.07 Å². The Morgan fingerprint density at radius 1 is 1.05 bits per heavy atom. The van der Waals surface area contributed by atoms with Crippen molar-refractivity contribution in [2.45, 2.75) is 13.0 Å². The van der Waals surface area contributed by atoms with E-state index in [1.165, 1.54) is 12.7 Å². The molecule has 0 aliphatic carbocycles. The average molecular weight is 283 g/mol. The summed E-state index contributed by atoms with van der Waals surface area (Å²) in [7, 11) is 3.49. The summed E-state index contributed by atoms with van der Waals surface area (Å²) in [6.07, 6.45) is 1.02. The Labute approximate surface area is 126 Å². The molecule has 2 rings (SSSR count). The molecule has 21 heavy (non-hydrogen) atoms. The summed E-state index contributed by atoms with van der Waals surface area (Å²) in [5.74, 6) is -0.288. The van der Waals surface area contributed by atoms with Crippen LogP contribution in [0.2, 0.25) is 0 Å². The van der Waals surface area contributed by atoms with Crippen molar-refractivity contribution in [2.24, 2.45) is 0 Å². The third-order valence-electron chi connectivity index (χ3n) is 3.43. The first-order valence-electron chi connectivity index (χ1n) is 7.09. The van der Waals surface area contributed by atoms with E-state index >= 15 is 0 Å². The minimum Gasteiger partial charge on any atom is -0.465 e. The van der Waals surface area contributed by atoms with Gasteiger partial charge in [-0.3, -0.25) is 0 Å². The fourth-order valence-electron chi connectivity index (χ4n) is 2.27. The average Bonchev–Trinajstić information content (AvgIpc) is 2.53. The molecule has 0 spiro atoms. The largest absolute Gasteiger partial charge is 0.465 e. The monoisotopic (exact) mass is 283 g/mol. The first-order chi connectivity index (χ1) is 10.2. The maximum absolute atomic E-state index is 11.5. The quantitative estimate of drug-likeness (QED) is 0.763. The number of benzene rings is 2. The molecule has 3 heteroatoms. The fourth-order valence-corrected chi connectivity index (χ4v) is 2.27. The molecule has 110 valence electrons. The molecule has 2 aromatic carbocycles. The molecule has 3 nitrogen and oxygen atoms in total. The second-order valence-corrected chi connectivity index (χ2v) is 5.17. The van der Waals surface area contributed by atoms with E-state index in [4.69, 9.17) is 4.74 Å². The topological polar surface area (TPSA) is 29.5 Å². The molecular formula is C18H21NO2. The number of carbonyl (C=O) groups excluding carboxylic acids is 1. The molecule has 0 bridgehead atoms. The van der Waals surface area contributed by atoms with Crippen LogP contribution in [0, 0.1) is 0 Å². The normalized spacial score (nSPS) is 10.6. The van der Waals surface area contributed by atoms with Gasteiger partial charge in [0.25, 0.3) is 0 Å². The maximum Gasteiger partial charge on any atom is 0.337 e. The summed E-state index contributed by atoms with van der Waals surface area (Å²) < 4.78 is 4.75.